The van der Waals surface area contributed by atoms with Crippen molar-refractivity contribution in [1.82, 2.24) is 4.98 Å². The van der Waals surface area contributed by atoms with Crippen LogP contribution in [-0.2, 0) is 21.5 Å². The lowest BCUT2D eigenvalue weighted by atomic mass is 10.0. The zero-order valence-electron chi connectivity index (χ0n) is 8.53. The van der Waals surface area contributed by atoms with E-state index in [9.17, 15) is 4.79 Å². The molecule has 0 radical (unpaired) electrons. The van der Waals surface area contributed by atoms with Gasteiger partial charge in [-0.15, -0.1) is 11.3 Å². The fourth-order valence-electron chi connectivity index (χ4n) is 0.884. The molecule has 4 nitrogen and oxygen atoms in total. The summed E-state index contributed by atoms with van der Waals surface area (Å²) in [6.07, 6.45) is 0.219. The van der Waals surface area contributed by atoms with Gasteiger partial charge in [-0.1, -0.05) is 0 Å². The van der Waals surface area contributed by atoms with Crippen LogP contribution in [0.3, 0.4) is 0 Å². The second-order valence-electron chi connectivity index (χ2n) is 3.60. The van der Waals surface area contributed by atoms with Gasteiger partial charge in [0.25, 0.3) is 0 Å². The lowest BCUT2D eigenvalue weighted by Gasteiger charge is -2.14. The molecular formula is C9H14N2O2S. The average molecular weight is 214 g/mol. The Morgan fingerprint density at radius 3 is 2.79 bits per heavy atom. The SMILES string of the molecule is COC(=O)Cc1nc(C(C)(C)N)cs1. The van der Waals surface area contributed by atoms with E-state index in [0.717, 1.165) is 10.7 Å². The van der Waals surface area contributed by atoms with Crippen LogP contribution in [0.25, 0.3) is 0 Å². The minimum absolute atomic E-state index is 0.219. The highest BCUT2D eigenvalue weighted by atomic mass is 32.1. The molecule has 0 fully saturated rings. The van der Waals surface area contributed by atoms with E-state index in [1.165, 1.54) is 18.4 Å². The first-order chi connectivity index (χ1) is 6.43. The quantitative estimate of drug-likeness (QED) is 0.764. The van der Waals surface area contributed by atoms with Gasteiger partial charge >= 0.3 is 5.97 Å². The van der Waals surface area contributed by atoms with E-state index in [-0.39, 0.29) is 12.4 Å². The first-order valence-corrected chi connectivity index (χ1v) is 5.12. The lowest BCUT2D eigenvalue weighted by molar-refractivity contribution is -0.139. The molecule has 0 saturated carbocycles. The number of carbonyl (C=O) groups is 1. The van der Waals surface area contributed by atoms with Gasteiger partial charge in [0.05, 0.1) is 24.8 Å². The van der Waals surface area contributed by atoms with E-state index >= 15 is 0 Å². The first kappa shape index (κ1) is 11.1. The number of thiazole rings is 1. The molecule has 0 spiro atoms. The summed E-state index contributed by atoms with van der Waals surface area (Å²) in [5.74, 6) is -0.277. The molecule has 1 aromatic rings. The third kappa shape index (κ3) is 2.78. The van der Waals surface area contributed by atoms with Crippen LogP contribution in [-0.4, -0.2) is 18.1 Å². The Hall–Kier alpha value is -0.940. The van der Waals surface area contributed by atoms with Gasteiger partial charge in [-0.2, -0.15) is 0 Å². The molecule has 0 aromatic carbocycles. The topological polar surface area (TPSA) is 65.2 Å². The van der Waals surface area contributed by atoms with Gasteiger partial charge in [-0.3, -0.25) is 4.79 Å². The Morgan fingerprint density at radius 2 is 2.36 bits per heavy atom. The molecule has 1 rings (SSSR count). The smallest absolute Gasteiger partial charge is 0.312 e. The number of hydrogen-bond donors (Lipinski definition) is 1. The summed E-state index contributed by atoms with van der Waals surface area (Å²) >= 11 is 1.43. The van der Waals surface area contributed by atoms with E-state index in [2.05, 4.69) is 9.72 Å². The highest BCUT2D eigenvalue weighted by Crippen LogP contribution is 2.19. The normalized spacial score (nSPS) is 11.4. The molecule has 78 valence electrons. The molecule has 0 unspecified atom stereocenters. The predicted octanol–water partition coefficient (Wildman–Crippen LogP) is 1.05. The summed E-state index contributed by atoms with van der Waals surface area (Å²) in [4.78, 5) is 15.2. The van der Waals surface area contributed by atoms with E-state index in [4.69, 9.17) is 5.73 Å². The number of rotatable bonds is 3. The number of esters is 1. The molecule has 0 aliphatic heterocycles. The summed E-state index contributed by atoms with van der Waals surface area (Å²) in [5.41, 5.74) is 6.21. The third-order valence-electron chi connectivity index (χ3n) is 1.74. The molecule has 5 heteroatoms. The molecule has 0 aliphatic rings. The van der Waals surface area contributed by atoms with Crippen LogP contribution >= 0.6 is 11.3 Å². The monoisotopic (exact) mass is 214 g/mol. The third-order valence-corrected chi connectivity index (χ3v) is 2.58. The van der Waals surface area contributed by atoms with E-state index in [1.807, 2.05) is 19.2 Å². The molecule has 14 heavy (non-hydrogen) atoms. The van der Waals surface area contributed by atoms with Crippen molar-refractivity contribution in [3.05, 3.63) is 16.1 Å². The second kappa shape index (κ2) is 4.06. The number of ether oxygens (including phenoxy) is 1. The van der Waals surface area contributed by atoms with Crippen molar-refractivity contribution in [2.75, 3.05) is 7.11 Å². The van der Waals surface area contributed by atoms with Gasteiger partial charge in [0.2, 0.25) is 0 Å². The predicted molar refractivity (Wildman–Crippen MR) is 55.0 cm³/mol. The van der Waals surface area contributed by atoms with E-state index in [1.54, 1.807) is 0 Å². The summed E-state index contributed by atoms with van der Waals surface area (Å²) < 4.78 is 4.55. The van der Waals surface area contributed by atoms with Crippen LogP contribution in [0.4, 0.5) is 0 Å². The van der Waals surface area contributed by atoms with Crippen LogP contribution in [0.15, 0.2) is 5.38 Å². The summed E-state index contributed by atoms with van der Waals surface area (Å²) in [5, 5.41) is 2.61. The number of hydrogen-bond acceptors (Lipinski definition) is 5. The van der Waals surface area contributed by atoms with Gasteiger partial charge in [0, 0.05) is 5.38 Å². The minimum atomic E-state index is -0.454. The van der Waals surface area contributed by atoms with E-state index in [0.29, 0.717) is 0 Å². The molecular weight excluding hydrogens is 200 g/mol. The van der Waals surface area contributed by atoms with Crippen LogP contribution in [0, 0.1) is 0 Å². The summed E-state index contributed by atoms with van der Waals surface area (Å²) in [7, 11) is 1.36. The number of methoxy groups -OCH3 is 1. The lowest BCUT2D eigenvalue weighted by Crippen LogP contribution is -2.29. The Labute approximate surface area is 87.1 Å². The standard InChI is InChI=1S/C9H14N2O2S/c1-9(2,10)6-5-14-7(11-6)4-8(12)13-3/h5H,4,10H2,1-3H3. The van der Waals surface area contributed by atoms with Crippen molar-refractivity contribution < 1.29 is 9.53 Å². The van der Waals surface area contributed by atoms with Crippen LogP contribution < -0.4 is 5.73 Å². The zero-order valence-corrected chi connectivity index (χ0v) is 9.35. The molecule has 1 aromatic heterocycles. The summed E-state index contributed by atoms with van der Waals surface area (Å²) in [6.45, 7) is 3.76. The van der Waals surface area contributed by atoms with Crippen molar-refractivity contribution in [3.8, 4) is 0 Å². The number of nitrogens with zero attached hydrogens (tertiary/aromatic N) is 1. The fourth-order valence-corrected chi connectivity index (χ4v) is 1.84. The molecule has 0 atom stereocenters. The van der Waals surface area contributed by atoms with Crippen LogP contribution in [0.5, 0.6) is 0 Å². The maximum absolute atomic E-state index is 11.0. The minimum Gasteiger partial charge on any atom is -0.469 e. The largest absolute Gasteiger partial charge is 0.469 e. The molecule has 0 amide bonds. The summed E-state index contributed by atoms with van der Waals surface area (Å²) in [6, 6.07) is 0. The van der Waals surface area contributed by atoms with Crippen molar-refractivity contribution in [3.63, 3.8) is 0 Å². The highest BCUT2D eigenvalue weighted by molar-refractivity contribution is 7.09. The van der Waals surface area contributed by atoms with E-state index < -0.39 is 5.54 Å². The number of aromatic nitrogens is 1. The molecule has 2 N–H and O–H groups in total. The number of carbonyl (C=O) groups excluding carboxylic acids is 1. The van der Waals surface area contributed by atoms with Crippen molar-refractivity contribution in [1.29, 1.82) is 0 Å². The van der Waals surface area contributed by atoms with Crippen LogP contribution in [0.2, 0.25) is 0 Å². The maximum Gasteiger partial charge on any atom is 0.312 e. The van der Waals surface area contributed by atoms with Crippen molar-refractivity contribution >= 4 is 17.3 Å². The fraction of sp³-hybridized carbons (Fsp3) is 0.556. The number of nitrogens with two attached hydrogens (primary N) is 1. The molecule has 0 bridgehead atoms. The molecule has 0 saturated heterocycles. The average Bonchev–Trinajstić information content (AvgIpc) is 2.51. The Bertz CT molecular complexity index is 328. The van der Waals surface area contributed by atoms with Gasteiger partial charge in [-0.05, 0) is 13.8 Å². The molecule has 1 heterocycles. The Kier molecular flexibility index (Phi) is 3.23. The Balaban J connectivity index is 2.74. The second-order valence-corrected chi connectivity index (χ2v) is 4.54. The van der Waals surface area contributed by atoms with Crippen molar-refractivity contribution in [2.24, 2.45) is 5.73 Å². The van der Waals surface area contributed by atoms with Gasteiger partial charge in [0.1, 0.15) is 5.01 Å². The highest BCUT2D eigenvalue weighted by Gasteiger charge is 2.18. The zero-order chi connectivity index (χ0) is 10.8. The maximum atomic E-state index is 11.0. The Morgan fingerprint density at radius 1 is 1.71 bits per heavy atom. The van der Waals surface area contributed by atoms with Crippen LogP contribution in [0.1, 0.15) is 24.5 Å². The van der Waals surface area contributed by atoms with Crippen molar-refractivity contribution in [2.45, 2.75) is 25.8 Å². The molecule has 0 aliphatic carbocycles. The first-order valence-electron chi connectivity index (χ1n) is 4.24. The van der Waals surface area contributed by atoms with Gasteiger partial charge in [0.15, 0.2) is 0 Å². The van der Waals surface area contributed by atoms with Gasteiger partial charge < -0.3 is 10.5 Å². The van der Waals surface area contributed by atoms with Gasteiger partial charge in [-0.25, -0.2) is 4.98 Å².